The number of phenolic OH excluding ortho intramolecular Hbond substituents is 1. The molecule has 3 rings (SSSR count). The van der Waals surface area contributed by atoms with Gasteiger partial charge in [0.25, 0.3) is 15.8 Å². The highest BCUT2D eigenvalue weighted by atomic mass is 32.2. The molecular weight excluding hydrogens is 422 g/mol. The number of phenols is 1. The van der Waals surface area contributed by atoms with Crippen LogP contribution in [0.15, 0.2) is 57.6 Å². The van der Waals surface area contributed by atoms with E-state index in [0.29, 0.717) is 6.07 Å². The number of anilines is 1. The summed E-state index contributed by atoms with van der Waals surface area (Å²) in [6, 6.07) is 7.93. The Morgan fingerprint density at radius 2 is 1.60 bits per heavy atom. The molecule has 0 atom stereocenters. The van der Waals surface area contributed by atoms with Crippen molar-refractivity contribution < 1.29 is 27.9 Å². The number of nitrogens with two attached hydrogens (primary N) is 1. The Morgan fingerprint density at radius 1 is 0.933 bits per heavy atom. The van der Waals surface area contributed by atoms with E-state index in [-0.39, 0.29) is 27.0 Å². The monoisotopic (exact) mass is 433 g/mol. The molecule has 4 N–H and O–H groups in total. The number of aromatic hydroxyl groups is 1. The van der Waals surface area contributed by atoms with Crippen LogP contribution in [-0.2, 0) is 10.1 Å². The van der Waals surface area contributed by atoms with Crippen LogP contribution >= 0.6 is 0 Å². The molecule has 0 spiro atoms. The van der Waals surface area contributed by atoms with Gasteiger partial charge in [-0.15, -0.1) is 10.2 Å². The molecule has 13 nitrogen and oxygen atoms in total. The molecule has 0 saturated carbocycles. The van der Waals surface area contributed by atoms with Gasteiger partial charge < -0.3 is 10.8 Å². The van der Waals surface area contributed by atoms with Gasteiger partial charge in [0, 0.05) is 16.8 Å². The van der Waals surface area contributed by atoms with E-state index in [1.54, 1.807) is 0 Å². The number of hydrogen-bond donors (Lipinski definition) is 3. The zero-order chi connectivity index (χ0) is 22.2. The first-order valence-electron chi connectivity index (χ1n) is 7.87. The number of benzene rings is 3. The van der Waals surface area contributed by atoms with E-state index >= 15 is 0 Å². The lowest BCUT2D eigenvalue weighted by Gasteiger charge is -2.08. The van der Waals surface area contributed by atoms with E-state index in [0.717, 1.165) is 6.07 Å². The second-order valence-electron chi connectivity index (χ2n) is 5.87. The molecule has 0 aliphatic heterocycles. The molecule has 0 unspecified atom stereocenters. The normalized spacial score (nSPS) is 11.8. The van der Waals surface area contributed by atoms with Gasteiger partial charge in [0.15, 0.2) is 0 Å². The molecule has 30 heavy (non-hydrogen) atoms. The quantitative estimate of drug-likeness (QED) is 0.176. The van der Waals surface area contributed by atoms with E-state index in [2.05, 4.69) is 10.2 Å². The summed E-state index contributed by atoms with van der Waals surface area (Å²) in [6.45, 7) is 0. The lowest BCUT2D eigenvalue weighted by molar-refractivity contribution is -0.394. The molecule has 3 aromatic rings. The van der Waals surface area contributed by atoms with Crippen LogP contribution in [0.25, 0.3) is 10.8 Å². The summed E-state index contributed by atoms with van der Waals surface area (Å²) >= 11 is 0. The maximum Gasteiger partial charge on any atom is 0.319 e. The molecule has 0 saturated heterocycles. The summed E-state index contributed by atoms with van der Waals surface area (Å²) < 4.78 is 32.3. The van der Waals surface area contributed by atoms with Crippen LogP contribution in [0.1, 0.15) is 0 Å². The van der Waals surface area contributed by atoms with Gasteiger partial charge in [0.1, 0.15) is 16.3 Å². The average molecular weight is 433 g/mol. The van der Waals surface area contributed by atoms with Gasteiger partial charge >= 0.3 is 5.69 Å². The van der Waals surface area contributed by atoms with Crippen molar-refractivity contribution >= 4 is 49.3 Å². The van der Waals surface area contributed by atoms with Gasteiger partial charge in [-0.25, -0.2) is 0 Å². The molecule has 0 heterocycles. The van der Waals surface area contributed by atoms with Crippen LogP contribution in [0.4, 0.5) is 28.4 Å². The van der Waals surface area contributed by atoms with Crippen LogP contribution in [0.2, 0.25) is 0 Å². The minimum absolute atomic E-state index is 0.0106. The standard InChI is InChI=1S/C16H11N5O8S/c17-15-10-2-1-3-14(30(27,28)29)9(10)4-5-11(15)18-19-12-6-8(20(23)24)7-13(16(12)22)21(25)26/h1-7,22H,17H2,(H,27,28,29). The molecule has 0 radical (unpaired) electrons. The fourth-order valence-corrected chi connectivity index (χ4v) is 3.38. The zero-order valence-corrected chi connectivity index (χ0v) is 15.5. The molecule has 154 valence electrons. The Morgan fingerprint density at radius 3 is 2.20 bits per heavy atom. The largest absolute Gasteiger partial charge is 0.501 e. The third-order valence-electron chi connectivity index (χ3n) is 4.05. The lowest BCUT2D eigenvalue weighted by atomic mass is 10.1. The number of fused-ring (bicyclic) bond motifs is 1. The maximum atomic E-state index is 11.5. The van der Waals surface area contributed by atoms with Gasteiger partial charge in [-0.3, -0.25) is 24.8 Å². The maximum absolute atomic E-state index is 11.5. The smallest absolute Gasteiger partial charge is 0.319 e. The summed E-state index contributed by atoms with van der Waals surface area (Å²) in [4.78, 5) is 19.7. The summed E-state index contributed by atoms with van der Waals surface area (Å²) in [6.07, 6.45) is 0. The highest BCUT2D eigenvalue weighted by Gasteiger charge is 2.24. The molecule has 3 aromatic carbocycles. The summed E-state index contributed by atoms with van der Waals surface area (Å²) in [5, 5.41) is 39.6. The summed E-state index contributed by atoms with van der Waals surface area (Å²) in [5.41, 5.74) is 3.78. The van der Waals surface area contributed by atoms with Crippen LogP contribution in [-0.4, -0.2) is 27.9 Å². The minimum Gasteiger partial charge on any atom is -0.501 e. The molecule has 0 amide bonds. The number of hydrogen-bond acceptors (Lipinski definition) is 10. The third kappa shape index (κ3) is 3.71. The summed E-state index contributed by atoms with van der Waals surface area (Å²) in [7, 11) is -4.52. The van der Waals surface area contributed by atoms with Crippen LogP contribution in [0.5, 0.6) is 5.75 Å². The number of nitrogen functional groups attached to an aromatic ring is 1. The summed E-state index contributed by atoms with van der Waals surface area (Å²) in [5.74, 6) is -0.928. The van der Waals surface area contributed by atoms with Crippen molar-refractivity contribution in [1.82, 2.24) is 0 Å². The van der Waals surface area contributed by atoms with Crippen molar-refractivity contribution in [3.05, 3.63) is 62.7 Å². The number of rotatable bonds is 5. The Balaban J connectivity index is 2.14. The highest BCUT2D eigenvalue weighted by Crippen LogP contribution is 2.41. The van der Waals surface area contributed by atoms with Crippen molar-refractivity contribution in [1.29, 1.82) is 0 Å². The number of nitro groups is 2. The first-order chi connectivity index (χ1) is 14.0. The second kappa shape index (κ2) is 7.34. The number of nitro benzene ring substituents is 2. The number of nitrogens with zero attached hydrogens (tertiary/aromatic N) is 4. The van der Waals surface area contributed by atoms with E-state index in [1.165, 1.54) is 30.3 Å². The Labute approximate surface area is 167 Å². The second-order valence-corrected chi connectivity index (χ2v) is 7.26. The Hall–Kier alpha value is -4.17. The van der Waals surface area contributed by atoms with Crippen molar-refractivity contribution in [2.24, 2.45) is 10.2 Å². The van der Waals surface area contributed by atoms with Gasteiger partial charge in [-0.1, -0.05) is 18.2 Å². The van der Waals surface area contributed by atoms with E-state index in [9.17, 15) is 38.3 Å². The lowest BCUT2D eigenvalue weighted by Crippen LogP contribution is -1.99. The van der Waals surface area contributed by atoms with Crippen LogP contribution < -0.4 is 5.73 Å². The molecule has 0 aliphatic rings. The van der Waals surface area contributed by atoms with E-state index < -0.39 is 42.8 Å². The topological polar surface area (TPSA) is 212 Å². The van der Waals surface area contributed by atoms with E-state index in [4.69, 9.17) is 5.73 Å². The molecular formula is C16H11N5O8S. The van der Waals surface area contributed by atoms with Gasteiger partial charge in [0.05, 0.1) is 21.6 Å². The third-order valence-corrected chi connectivity index (χ3v) is 4.96. The van der Waals surface area contributed by atoms with Crippen molar-refractivity contribution in [3.8, 4) is 5.75 Å². The molecule has 0 aromatic heterocycles. The Kier molecular flexibility index (Phi) is 5.03. The van der Waals surface area contributed by atoms with Crippen molar-refractivity contribution in [3.63, 3.8) is 0 Å². The van der Waals surface area contributed by atoms with Crippen LogP contribution in [0, 0.1) is 20.2 Å². The molecule has 0 fully saturated rings. The van der Waals surface area contributed by atoms with E-state index in [1.807, 2.05) is 0 Å². The first kappa shape index (κ1) is 20.6. The zero-order valence-electron chi connectivity index (χ0n) is 14.7. The Bertz CT molecular complexity index is 1350. The van der Waals surface area contributed by atoms with Crippen molar-refractivity contribution in [2.45, 2.75) is 4.90 Å². The predicted molar refractivity (Wildman–Crippen MR) is 104 cm³/mol. The number of azo groups is 1. The fraction of sp³-hybridized carbons (Fsp3) is 0. The van der Waals surface area contributed by atoms with Gasteiger partial charge in [-0.2, -0.15) is 8.42 Å². The van der Waals surface area contributed by atoms with Crippen molar-refractivity contribution in [2.75, 3.05) is 5.73 Å². The highest BCUT2D eigenvalue weighted by molar-refractivity contribution is 7.86. The first-order valence-corrected chi connectivity index (χ1v) is 9.31. The molecule has 14 heteroatoms. The van der Waals surface area contributed by atoms with Gasteiger partial charge in [-0.05, 0) is 12.1 Å². The predicted octanol–water partition coefficient (Wildman–Crippen LogP) is 3.61. The average Bonchev–Trinajstić information content (AvgIpc) is 2.67. The SMILES string of the molecule is Nc1c(N=Nc2cc([N+](=O)[O-])cc([N+](=O)[O-])c2O)ccc2c(S(=O)(=O)O)cccc12. The van der Waals surface area contributed by atoms with Gasteiger partial charge in [0.2, 0.25) is 5.75 Å². The number of non-ortho nitro benzene ring substituents is 1. The molecule has 0 aliphatic carbocycles. The minimum atomic E-state index is -4.52. The van der Waals surface area contributed by atoms with Crippen LogP contribution in [0.3, 0.4) is 0 Å². The fourth-order valence-electron chi connectivity index (χ4n) is 2.67. The molecule has 0 bridgehead atoms.